The zero-order valence-corrected chi connectivity index (χ0v) is 11.0. The maximum absolute atomic E-state index is 11.0. The fourth-order valence-corrected chi connectivity index (χ4v) is 3.47. The van der Waals surface area contributed by atoms with Crippen molar-refractivity contribution in [2.45, 2.75) is 26.2 Å². The summed E-state index contributed by atoms with van der Waals surface area (Å²) in [5.41, 5.74) is 2.91. The van der Waals surface area contributed by atoms with Crippen LogP contribution in [-0.2, 0) is 9.53 Å². The van der Waals surface area contributed by atoms with Gasteiger partial charge in [0.05, 0.1) is 0 Å². The Labute approximate surface area is 108 Å². The Bertz CT molecular complexity index is 405. The molecule has 1 heterocycles. The molecule has 2 bridgehead atoms. The van der Waals surface area contributed by atoms with Crippen molar-refractivity contribution in [3.63, 3.8) is 0 Å². The van der Waals surface area contributed by atoms with Crippen LogP contribution in [0.3, 0.4) is 0 Å². The Kier molecular flexibility index (Phi) is 3.25. The van der Waals surface area contributed by atoms with Crippen LogP contribution in [-0.4, -0.2) is 37.1 Å². The molecule has 0 saturated carbocycles. The van der Waals surface area contributed by atoms with Crippen LogP contribution in [0.15, 0.2) is 23.3 Å². The first-order valence-corrected chi connectivity index (χ1v) is 7.00. The normalized spacial score (nSPS) is 30.5. The van der Waals surface area contributed by atoms with Crippen LogP contribution in [0, 0.1) is 11.8 Å². The number of fused-ring (bicyclic) bond motifs is 2. The number of hydrogen-bond acceptors (Lipinski definition) is 3. The molecule has 1 aliphatic heterocycles. The van der Waals surface area contributed by atoms with Gasteiger partial charge in [0.2, 0.25) is 0 Å². The summed E-state index contributed by atoms with van der Waals surface area (Å²) >= 11 is 0. The number of hydrogen-bond donors (Lipinski definition) is 0. The van der Waals surface area contributed by atoms with Gasteiger partial charge in [-0.1, -0.05) is 12.2 Å². The summed E-state index contributed by atoms with van der Waals surface area (Å²) in [6.45, 7) is 5.53. The molecular formula is C15H21NO2. The fourth-order valence-electron chi connectivity index (χ4n) is 3.47. The highest BCUT2D eigenvalue weighted by Crippen LogP contribution is 2.44. The first-order valence-electron chi connectivity index (χ1n) is 7.00. The lowest BCUT2D eigenvalue weighted by atomic mass is 9.97. The predicted octanol–water partition coefficient (Wildman–Crippen LogP) is 2.15. The van der Waals surface area contributed by atoms with Crippen molar-refractivity contribution in [1.29, 1.82) is 0 Å². The van der Waals surface area contributed by atoms with Crippen molar-refractivity contribution in [3.8, 4) is 0 Å². The van der Waals surface area contributed by atoms with Gasteiger partial charge in [0.25, 0.3) is 0 Å². The molecule has 0 radical (unpaired) electrons. The van der Waals surface area contributed by atoms with Crippen LogP contribution in [0.5, 0.6) is 0 Å². The van der Waals surface area contributed by atoms with Gasteiger partial charge in [-0.2, -0.15) is 0 Å². The third-order valence-electron chi connectivity index (χ3n) is 4.41. The highest BCUT2D eigenvalue weighted by atomic mass is 16.5. The molecule has 1 saturated heterocycles. The molecule has 3 nitrogen and oxygen atoms in total. The van der Waals surface area contributed by atoms with Gasteiger partial charge < -0.3 is 4.74 Å². The highest BCUT2D eigenvalue weighted by molar-refractivity contribution is 5.66. The Hall–Kier alpha value is -1.09. The number of ether oxygens (including phenoxy) is 1. The van der Waals surface area contributed by atoms with Crippen LogP contribution in [0.1, 0.15) is 26.2 Å². The molecule has 18 heavy (non-hydrogen) atoms. The molecular weight excluding hydrogens is 226 g/mol. The summed E-state index contributed by atoms with van der Waals surface area (Å²) in [5, 5.41) is 0. The largest absolute Gasteiger partial charge is 0.461 e. The molecule has 0 amide bonds. The average Bonchev–Trinajstić information content (AvgIpc) is 3.02. The van der Waals surface area contributed by atoms with Gasteiger partial charge in [0.1, 0.15) is 6.61 Å². The van der Waals surface area contributed by atoms with Gasteiger partial charge in [-0.15, -0.1) is 0 Å². The van der Waals surface area contributed by atoms with Crippen LogP contribution >= 0.6 is 0 Å². The summed E-state index contributed by atoms with van der Waals surface area (Å²) in [7, 11) is 0. The van der Waals surface area contributed by atoms with Crippen molar-refractivity contribution in [1.82, 2.24) is 4.90 Å². The number of esters is 1. The molecule has 0 aromatic carbocycles. The molecule has 2 atom stereocenters. The number of likely N-dealkylation sites (tertiary alicyclic amines) is 1. The van der Waals surface area contributed by atoms with Crippen molar-refractivity contribution in [3.05, 3.63) is 23.3 Å². The molecule has 3 aliphatic rings. The molecule has 0 aromatic rings. The summed E-state index contributed by atoms with van der Waals surface area (Å²) in [4.78, 5) is 13.5. The van der Waals surface area contributed by atoms with E-state index in [4.69, 9.17) is 4.74 Å². The molecule has 0 spiro atoms. The first kappa shape index (κ1) is 12.0. The predicted molar refractivity (Wildman–Crippen MR) is 70.1 cm³/mol. The number of carbonyl (C=O) groups is 1. The third-order valence-corrected chi connectivity index (χ3v) is 4.41. The third kappa shape index (κ3) is 2.24. The van der Waals surface area contributed by atoms with E-state index in [-0.39, 0.29) is 5.97 Å². The van der Waals surface area contributed by atoms with Crippen LogP contribution < -0.4 is 0 Å². The lowest BCUT2D eigenvalue weighted by Gasteiger charge is -2.22. The van der Waals surface area contributed by atoms with Gasteiger partial charge in [0, 0.05) is 25.3 Å². The first-order chi connectivity index (χ1) is 8.74. The quantitative estimate of drug-likeness (QED) is 0.563. The van der Waals surface area contributed by atoms with Crippen molar-refractivity contribution < 1.29 is 9.53 Å². The zero-order valence-electron chi connectivity index (χ0n) is 11.0. The van der Waals surface area contributed by atoms with Crippen LogP contribution in [0.2, 0.25) is 0 Å². The summed E-state index contributed by atoms with van der Waals surface area (Å²) < 4.78 is 5.22. The summed E-state index contributed by atoms with van der Waals surface area (Å²) in [6.07, 6.45) is 8.50. The number of carbonyl (C=O) groups excluding carboxylic acids is 1. The second-order valence-electron chi connectivity index (χ2n) is 5.65. The molecule has 2 unspecified atom stereocenters. The zero-order chi connectivity index (χ0) is 12.5. The van der Waals surface area contributed by atoms with Crippen LogP contribution in [0.4, 0.5) is 0 Å². The van der Waals surface area contributed by atoms with Gasteiger partial charge in [-0.05, 0) is 43.5 Å². The van der Waals surface area contributed by atoms with Crippen molar-refractivity contribution in [2.24, 2.45) is 11.8 Å². The van der Waals surface area contributed by atoms with Gasteiger partial charge in [-0.3, -0.25) is 9.69 Å². The SMILES string of the molecule is CC(=O)OCC1=C(CN2CCCC2)C2C=CC1C2. The lowest BCUT2D eigenvalue weighted by Crippen LogP contribution is -2.25. The Morgan fingerprint density at radius 3 is 2.61 bits per heavy atom. The second kappa shape index (κ2) is 4.88. The maximum atomic E-state index is 11.0. The van der Waals surface area contributed by atoms with Crippen LogP contribution in [0.25, 0.3) is 0 Å². The topological polar surface area (TPSA) is 29.5 Å². The highest BCUT2D eigenvalue weighted by Gasteiger charge is 2.36. The average molecular weight is 247 g/mol. The van der Waals surface area contributed by atoms with Crippen molar-refractivity contribution in [2.75, 3.05) is 26.2 Å². The molecule has 2 aliphatic carbocycles. The molecule has 1 fully saturated rings. The van der Waals surface area contributed by atoms with Gasteiger partial charge in [-0.25, -0.2) is 0 Å². The van der Waals surface area contributed by atoms with E-state index in [1.54, 1.807) is 0 Å². The standard InChI is InChI=1S/C15H21NO2/c1-11(17)18-10-15-13-5-4-12(8-13)14(15)9-16-6-2-3-7-16/h4-5,12-13H,2-3,6-10H2,1H3. The van der Waals surface area contributed by atoms with E-state index in [9.17, 15) is 4.79 Å². The smallest absolute Gasteiger partial charge is 0.302 e. The van der Waals surface area contributed by atoms with Crippen molar-refractivity contribution >= 4 is 5.97 Å². The molecule has 0 N–H and O–H groups in total. The Morgan fingerprint density at radius 2 is 1.94 bits per heavy atom. The van der Waals surface area contributed by atoms with E-state index in [0.717, 1.165) is 6.54 Å². The minimum Gasteiger partial charge on any atom is -0.461 e. The van der Waals surface area contributed by atoms with E-state index in [1.165, 1.54) is 50.4 Å². The monoisotopic (exact) mass is 247 g/mol. The van der Waals surface area contributed by atoms with Gasteiger partial charge >= 0.3 is 5.97 Å². The second-order valence-corrected chi connectivity index (χ2v) is 5.65. The fraction of sp³-hybridized carbons (Fsp3) is 0.667. The van der Waals surface area contributed by atoms with Gasteiger partial charge in [0.15, 0.2) is 0 Å². The number of allylic oxidation sites excluding steroid dienone is 2. The number of rotatable bonds is 4. The summed E-state index contributed by atoms with van der Waals surface area (Å²) in [5.74, 6) is 0.975. The molecule has 98 valence electrons. The van der Waals surface area contributed by atoms with E-state index in [1.807, 2.05) is 0 Å². The lowest BCUT2D eigenvalue weighted by molar-refractivity contribution is -0.140. The Morgan fingerprint density at radius 1 is 1.28 bits per heavy atom. The molecule has 0 aromatic heterocycles. The van der Waals surface area contributed by atoms with E-state index < -0.39 is 0 Å². The Balaban J connectivity index is 1.71. The van der Waals surface area contributed by atoms with E-state index in [2.05, 4.69) is 17.1 Å². The van der Waals surface area contributed by atoms with E-state index in [0.29, 0.717) is 18.4 Å². The maximum Gasteiger partial charge on any atom is 0.302 e. The summed E-state index contributed by atoms with van der Waals surface area (Å²) in [6, 6.07) is 0. The molecule has 3 rings (SSSR count). The molecule has 3 heteroatoms. The minimum atomic E-state index is -0.172. The minimum absolute atomic E-state index is 0.172. The van der Waals surface area contributed by atoms with E-state index >= 15 is 0 Å². The number of nitrogens with zero attached hydrogens (tertiary/aromatic N) is 1.